The first kappa shape index (κ1) is 11.9. The smallest absolute Gasteiger partial charge is 0.0636 e. The molecule has 0 heterocycles. The van der Waals surface area contributed by atoms with E-state index in [1.807, 2.05) is 0 Å². The Labute approximate surface area is 75.3 Å². The van der Waals surface area contributed by atoms with E-state index >= 15 is 0 Å². The Morgan fingerprint density at radius 1 is 1.42 bits per heavy atom. The second kappa shape index (κ2) is 7.53. The van der Waals surface area contributed by atoms with Gasteiger partial charge in [-0.3, -0.25) is 0 Å². The van der Waals surface area contributed by atoms with Gasteiger partial charge in [0.2, 0.25) is 0 Å². The van der Waals surface area contributed by atoms with Gasteiger partial charge in [0.25, 0.3) is 0 Å². The fourth-order valence-corrected chi connectivity index (χ4v) is 1.05. The largest absolute Gasteiger partial charge is 0.392 e. The van der Waals surface area contributed by atoms with Crippen molar-refractivity contribution in [3.8, 4) is 0 Å². The molecule has 0 radical (unpaired) electrons. The summed E-state index contributed by atoms with van der Waals surface area (Å²) in [5.74, 6) is 0. The molecule has 2 unspecified atom stereocenters. The monoisotopic (exact) mass is 174 g/mol. The molecule has 0 saturated heterocycles. The molecule has 3 nitrogen and oxygen atoms in total. The lowest BCUT2D eigenvalue weighted by atomic mass is 10.1. The molecule has 0 saturated carbocycles. The third kappa shape index (κ3) is 7.98. The standard InChI is InChI=1S/C9H22N2O/c1-3-4-5-9(10)7-11-6-8(2)12/h8-9,11-12H,3-7,10H2,1-2H3. The number of rotatable bonds is 7. The number of hydrogen-bond donors (Lipinski definition) is 3. The van der Waals surface area contributed by atoms with Crippen LogP contribution in [-0.4, -0.2) is 30.3 Å². The average molecular weight is 174 g/mol. The summed E-state index contributed by atoms with van der Waals surface area (Å²) in [6.45, 7) is 5.38. The minimum absolute atomic E-state index is 0.240. The zero-order valence-corrected chi connectivity index (χ0v) is 8.21. The van der Waals surface area contributed by atoms with Gasteiger partial charge in [-0.25, -0.2) is 0 Å². The van der Waals surface area contributed by atoms with E-state index in [-0.39, 0.29) is 12.1 Å². The lowest BCUT2D eigenvalue weighted by Gasteiger charge is -2.12. The van der Waals surface area contributed by atoms with Gasteiger partial charge in [0, 0.05) is 19.1 Å². The summed E-state index contributed by atoms with van der Waals surface area (Å²) in [6.07, 6.45) is 3.19. The molecule has 0 aromatic heterocycles. The van der Waals surface area contributed by atoms with Crippen LogP contribution in [0, 0.1) is 0 Å². The van der Waals surface area contributed by atoms with Gasteiger partial charge in [-0.1, -0.05) is 19.8 Å². The fraction of sp³-hybridized carbons (Fsp3) is 1.00. The summed E-state index contributed by atoms with van der Waals surface area (Å²) in [4.78, 5) is 0. The average Bonchev–Trinajstić information content (AvgIpc) is 2.00. The summed E-state index contributed by atoms with van der Waals surface area (Å²) < 4.78 is 0. The molecule has 4 N–H and O–H groups in total. The number of nitrogens with two attached hydrogens (primary N) is 1. The van der Waals surface area contributed by atoms with Crippen LogP contribution < -0.4 is 11.1 Å². The third-order valence-corrected chi connectivity index (χ3v) is 1.77. The van der Waals surface area contributed by atoms with Crippen molar-refractivity contribution in [2.24, 2.45) is 5.73 Å². The highest BCUT2D eigenvalue weighted by molar-refractivity contribution is 4.65. The van der Waals surface area contributed by atoms with Crippen molar-refractivity contribution < 1.29 is 5.11 Å². The minimum Gasteiger partial charge on any atom is -0.392 e. The van der Waals surface area contributed by atoms with Crippen molar-refractivity contribution >= 4 is 0 Å². The predicted octanol–water partition coefficient (Wildman–Crippen LogP) is 0.474. The van der Waals surface area contributed by atoms with Crippen molar-refractivity contribution in [2.75, 3.05) is 13.1 Å². The topological polar surface area (TPSA) is 58.3 Å². The molecule has 3 heteroatoms. The molecule has 2 atom stereocenters. The number of unbranched alkanes of at least 4 members (excludes halogenated alkanes) is 1. The lowest BCUT2D eigenvalue weighted by molar-refractivity contribution is 0.190. The quantitative estimate of drug-likeness (QED) is 0.526. The van der Waals surface area contributed by atoms with Crippen LogP contribution in [0.2, 0.25) is 0 Å². The van der Waals surface area contributed by atoms with Crippen molar-refractivity contribution in [3.05, 3.63) is 0 Å². The first-order valence-corrected chi connectivity index (χ1v) is 4.81. The maximum Gasteiger partial charge on any atom is 0.0636 e. The van der Waals surface area contributed by atoms with E-state index in [0.717, 1.165) is 13.0 Å². The molecule has 0 fully saturated rings. The van der Waals surface area contributed by atoms with E-state index in [9.17, 15) is 0 Å². The molecular weight excluding hydrogens is 152 g/mol. The summed E-state index contributed by atoms with van der Waals surface area (Å²) in [5.41, 5.74) is 5.80. The van der Waals surface area contributed by atoms with Gasteiger partial charge >= 0.3 is 0 Å². The molecule has 12 heavy (non-hydrogen) atoms. The van der Waals surface area contributed by atoms with Crippen LogP contribution in [-0.2, 0) is 0 Å². The van der Waals surface area contributed by atoms with Crippen LogP contribution in [0.5, 0.6) is 0 Å². The first-order valence-electron chi connectivity index (χ1n) is 4.81. The molecule has 0 aliphatic rings. The molecule has 74 valence electrons. The fourth-order valence-electron chi connectivity index (χ4n) is 1.05. The van der Waals surface area contributed by atoms with Gasteiger partial charge < -0.3 is 16.2 Å². The Kier molecular flexibility index (Phi) is 7.45. The van der Waals surface area contributed by atoms with Crippen LogP contribution in [0.25, 0.3) is 0 Å². The SMILES string of the molecule is CCCCC(N)CNCC(C)O. The van der Waals surface area contributed by atoms with E-state index < -0.39 is 0 Å². The predicted molar refractivity (Wildman–Crippen MR) is 52.1 cm³/mol. The Balaban J connectivity index is 3.13. The molecule has 0 aromatic rings. The summed E-state index contributed by atoms with van der Waals surface area (Å²) >= 11 is 0. The van der Waals surface area contributed by atoms with Crippen molar-refractivity contribution in [1.29, 1.82) is 0 Å². The zero-order chi connectivity index (χ0) is 9.40. The van der Waals surface area contributed by atoms with Crippen LogP contribution in [0.4, 0.5) is 0 Å². The molecular formula is C9H22N2O. The van der Waals surface area contributed by atoms with E-state index in [1.54, 1.807) is 6.92 Å². The second-order valence-electron chi connectivity index (χ2n) is 3.41. The molecule has 0 aliphatic carbocycles. The van der Waals surface area contributed by atoms with Gasteiger partial charge in [0.05, 0.1) is 6.10 Å². The number of aliphatic hydroxyl groups is 1. The highest BCUT2D eigenvalue weighted by Crippen LogP contribution is 1.96. The van der Waals surface area contributed by atoms with Crippen LogP contribution in [0.3, 0.4) is 0 Å². The minimum atomic E-state index is -0.275. The van der Waals surface area contributed by atoms with E-state index in [1.165, 1.54) is 12.8 Å². The normalized spacial score (nSPS) is 16.0. The molecule has 0 spiro atoms. The Hall–Kier alpha value is -0.120. The first-order chi connectivity index (χ1) is 5.66. The third-order valence-electron chi connectivity index (χ3n) is 1.77. The number of aliphatic hydroxyl groups excluding tert-OH is 1. The van der Waals surface area contributed by atoms with Gasteiger partial charge in [0.1, 0.15) is 0 Å². The lowest BCUT2D eigenvalue weighted by Crippen LogP contribution is -2.36. The molecule has 0 amide bonds. The zero-order valence-electron chi connectivity index (χ0n) is 8.21. The summed E-state index contributed by atoms with van der Waals surface area (Å²) in [5, 5.41) is 12.1. The Morgan fingerprint density at radius 3 is 2.58 bits per heavy atom. The van der Waals surface area contributed by atoms with Crippen LogP contribution >= 0.6 is 0 Å². The molecule has 0 aliphatic heterocycles. The van der Waals surface area contributed by atoms with E-state index in [4.69, 9.17) is 10.8 Å². The Morgan fingerprint density at radius 2 is 2.08 bits per heavy atom. The molecule has 0 aromatic carbocycles. The maximum atomic E-state index is 8.94. The van der Waals surface area contributed by atoms with Crippen LogP contribution in [0.1, 0.15) is 33.1 Å². The van der Waals surface area contributed by atoms with E-state index in [2.05, 4.69) is 12.2 Å². The van der Waals surface area contributed by atoms with Gasteiger partial charge in [-0.05, 0) is 13.3 Å². The summed E-state index contributed by atoms with van der Waals surface area (Å²) in [7, 11) is 0. The van der Waals surface area contributed by atoms with Crippen molar-refractivity contribution in [3.63, 3.8) is 0 Å². The number of hydrogen-bond acceptors (Lipinski definition) is 3. The number of nitrogens with one attached hydrogen (secondary N) is 1. The molecule has 0 bridgehead atoms. The van der Waals surface area contributed by atoms with Crippen molar-refractivity contribution in [2.45, 2.75) is 45.3 Å². The highest BCUT2D eigenvalue weighted by atomic mass is 16.3. The Bertz CT molecular complexity index is 96.5. The maximum absolute atomic E-state index is 8.94. The highest BCUT2D eigenvalue weighted by Gasteiger charge is 2.01. The molecule has 0 rings (SSSR count). The van der Waals surface area contributed by atoms with Gasteiger partial charge in [0.15, 0.2) is 0 Å². The van der Waals surface area contributed by atoms with Gasteiger partial charge in [-0.2, -0.15) is 0 Å². The second-order valence-corrected chi connectivity index (χ2v) is 3.41. The van der Waals surface area contributed by atoms with Gasteiger partial charge in [-0.15, -0.1) is 0 Å². The van der Waals surface area contributed by atoms with Crippen LogP contribution in [0.15, 0.2) is 0 Å². The van der Waals surface area contributed by atoms with E-state index in [0.29, 0.717) is 6.54 Å². The van der Waals surface area contributed by atoms with Crippen molar-refractivity contribution in [1.82, 2.24) is 5.32 Å². The summed E-state index contributed by atoms with van der Waals surface area (Å²) in [6, 6.07) is 0.240.